The molecule has 0 radical (unpaired) electrons. The number of carbonyl (C=O) groups is 2. The molecule has 1 N–H and O–H groups in total. The number of carbonyl (C=O) groups excluding carboxylic acids is 2. The number of ether oxygens (including phenoxy) is 1. The van der Waals surface area contributed by atoms with Gasteiger partial charge in [0.1, 0.15) is 6.54 Å². The molecule has 0 aliphatic carbocycles. The molecule has 1 aliphatic rings. The number of benzene rings is 2. The van der Waals surface area contributed by atoms with Gasteiger partial charge in [-0.2, -0.15) is 0 Å². The first-order valence-electron chi connectivity index (χ1n) is 9.11. The van der Waals surface area contributed by atoms with E-state index < -0.39 is 0 Å². The van der Waals surface area contributed by atoms with Crippen LogP contribution in [0, 0.1) is 6.92 Å². The summed E-state index contributed by atoms with van der Waals surface area (Å²) >= 11 is 0. The average Bonchev–Trinajstić information content (AvgIpc) is 2.68. The number of nitrogens with one attached hydrogen (secondary N) is 1. The Hall–Kier alpha value is -2.86. The SMILES string of the molecule is CC(=O)N(CC(=O)Nc1ccccc1N1CCOCC1)c1ccccc1C. The third-order valence-corrected chi connectivity index (χ3v) is 4.62. The van der Waals surface area contributed by atoms with E-state index in [1.807, 2.05) is 55.5 Å². The van der Waals surface area contributed by atoms with Crippen molar-refractivity contribution >= 4 is 28.9 Å². The summed E-state index contributed by atoms with van der Waals surface area (Å²) in [5.41, 5.74) is 3.42. The van der Waals surface area contributed by atoms with Gasteiger partial charge in [0, 0.05) is 25.7 Å². The summed E-state index contributed by atoms with van der Waals surface area (Å²) < 4.78 is 5.41. The number of nitrogens with zero attached hydrogens (tertiary/aromatic N) is 2. The van der Waals surface area contributed by atoms with Gasteiger partial charge >= 0.3 is 0 Å². The van der Waals surface area contributed by atoms with Crippen molar-refractivity contribution in [1.82, 2.24) is 0 Å². The summed E-state index contributed by atoms with van der Waals surface area (Å²) in [5.74, 6) is -0.393. The number of hydrogen-bond donors (Lipinski definition) is 1. The van der Waals surface area contributed by atoms with Gasteiger partial charge in [0.2, 0.25) is 11.8 Å². The molecule has 2 aromatic rings. The van der Waals surface area contributed by atoms with Crippen LogP contribution in [-0.2, 0) is 14.3 Å². The van der Waals surface area contributed by atoms with Crippen LogP contribution in [0.5, 0.6) is 0 Å². The smallest absolute Gasteiger partial charge is 0.244 e. The minimum atomic E-state index is -0.228. The first-order valence-corrected chi connectivity index (χ1v) is 9.11. The number of hydrogen-bond acceptors (Lipinski definition) is 4. The molecule has 3 rings (SSSR count). The van der Waals surface area contributed by atoms with E-state index in [2.05, 4.69) is 10.2 Å². The molecule has 1 fully saturated rings. The van der Waals surface area contributed by atoms with Crippen LogP contribution in [0.3, 0.4) is 0 Å². The molecule has 1 saturated heterocycles. The topological polar surface area (TPSA) is 61.9 Å². The Morgan fingerprint density at radius 2 is 1.74 bits per heavy atom. The van der Waals surface area contributed by atoms with Crippen LogP contribution in [0.4, 0.5) is 17.1 Å². The summed E-state index contributed by atoms with van der Waals surface area (Å²) in [6.45, 7) is 6.29. The Kier molecular flexibility index (Phi) is 6.08. The van der Waals surface area contributed by atoms with Crippen LogP contribution in [0.15, 0.2) is 48.5 Å². The molecule has 27 heavy (non-hydrogen) atoms. The monoisotopic (exact) mass is 367 g/mol. The Bertz CT molecular complexity index is 816. The van der Waals surface area contributed by atoms with Crippen molar-refractivity contribution in [1.29, 1.82) is 0 Å². The van der Waals surface area contributed by atoms with Gasteiger partial charge in [-0.05, 0) is 30.7 Å². The highest BCUT2D eigenvalue weighted by molar-refractivity contribution is 6.03. The molecule has 1 aliphatic heterocycles. The van der Waals surface area contributed by atoms with Gasteiger partial charge in [-0.25, -0.2) is 0 Å². The minimum absolute atomic E-state index is 0.0301. The van der Waals surface area contributed by atoms with Crippen LogP contribution >= 0.6 is 0 Å². The van der Waals surface area contributed by atoms with E-state index >= 15 is 0 Å². The molecular weight excluding hydrogens is 342 g/mol. The lowest BCUT2D eigenvalue weighted by atomic mass is 10.1. The van der Waals surface area contributed by atoms with E-state index in [-0.39, 0.29) is 18.4 Å². The summed E-state index contributed by atoms with van der Waals surface area (Å²) in [6, 6.07) is 15.3. The standard InChI is InChI=1S/C21H25N3O3/c1-16-7-3-5-9-19(16)24(17(2)25)15-21(26)22-18-8-4-6-10-20(18)23-11-13-27-14-12-23/h3-10H,11-15H2,1-2H3,(H,22,26). The number of para-hydroxylation sites is 3. The van der Waals surface area contributed by atoms with Gasteiger partial charge in [0.05, 0.1) is 24.6 Å². The number of anilines is 3. The van der Waals surface area contributed by atoms with E-state index in [4.69, 9.17) is 4.74 Å². The summed E-state index contributed by atoms with van der Waals surface area (Å²) in [6.07, 6.45) is 0. The highest BCUT2D eigenvalue weighted by Gasteiger charge is 2.19. The maximum Gasteiger partial charge on any atom is 0.244 e. The largest absolute Gasteiger partial charge is 0.378 e. The molecular formula is C21H25N3O3. The van der Waals surface area contributed by atoms with Crippen molar-refractivity contribution in [2.24, 2.45) is 0 Å². The number of morpholine rings is 1. The van der Waals surface area contributed by atoms with Gasteiger partial charge < -0.3 is 19.9 Å². The van der Waals surface area contributed by atoms with Crippen LogP contribution in [0.25, 0.3) is 0 Å². The van der Waals surface area contributed by atoms with E-state index in [9.17, 15) is 9.59 Å². The fourth-order valence-corrected chi connectivity index (χ4v) is 3.23. The van der Waals surface area contributed by atoms with Crippen molar-refractivity contribution in [3.63, 3.8) is 0 Å². The molecule has 0 atom stereocenters. The zero-order valence-electron chi connectivity index (χ0n) is 15.8. The van der Waals surface area contributed by atoms with Crippen LogP contribution in [0.2, 0.25) is 0 Å². The van der Waals surface area contributed by atoms with Gasteiger partial charge in [-0.15, -0.1) is 0 Å². The summed E-state index contributed by atoms with van der Waals surface area (Å²) in [4.78, 5) is 28.5. The molecule has 0 saturated carbocycles. The fourth-order valence-electron chi connectivity index (χ4n) is 3.23. The van der Waals surface area contributed by atoms with Crippen molar-refractivity contribution in [2.45, 2.75) is 13.8 Å². The van der Waals surface area contributed by atoms with Gasteiger partial charge in [0.25, 0.3) is 0 Å². The molecule has 0 bridgehead atoms. The van der Waals surface area contributed by atoms with Crippen molar-refractivity contribution in [3.8, 4) is 0 Å². The molecule has 1 heterocycles. The van der Waals surface area contributed by atoms with E-state index in [1.54, 1.807) is 0 Å². The van der Waals surface area contributed by atoms with Crippen LogP contribution < -0.4 is 15.1 Å². The number of amides is 2. The fraction of sp³-hybridized carbons (Fsp3) is 0.333. The van der Waals surface area contributed by atoms with E-state index in [0.717, 1.165) is 35.7 Å². The molecule has 0 spiro atoms. The minimum Gasteiger partial charge on any atom is -0.378 e. The summed E-state index contributed by atoms with van der Waals surface area (Å²) in [7, 11) is 0. The Morgan fingerprint density at radius 3 is 2.44 bits per heavy atom. The van der Waals surface area contributed by atoms with Crippen LogP contribution in [-0.4, -0.2) is 44.7 Å². The Morgan fingerprint density at radius 1 is 1.07 bits per heavy atom. The van der Waals surface area contributed by atoms with Crippen molar-refractivity contribution in [3.05, 3.63) is 54.1 Å². The van der Waals surface area contributed by atoms with E-state index in [0.29, 0.717) is 13.2 Å². The van der Waals surface area contributed by atoms with Gasteiger partial charge in [-0.1, -0.05) is 30.3 Å². The Balaban J connectivity index is 1.75. The maximum atomic E-state index is 12.7. The highest BCUT2D eigenvalue weighted by Crippen LogP contribution is 2.26. The zero-order chi connectivity index (χ0) is 19.2. The lowest BCUT2D eigenvalue weighted by Crippen LogP contribution is -2.38. The van der Waals surface area contributed by atoms with Gasteiger partial charge in [-0.3, -0.25) is 9.59 Å². The predicted octanol–water partition coefficient (Wildman–Crippen LogP) is 2.82. The first-order chi connectivity index (χ1) is 13.1. The quantitative estimate of drug-likeness (QED) is 0.883. The lowest BCUT2D eigenvalue weighted by Gasteiger charge is -2.30. The first kappa shape index (κ1) is 18.9. The Labute approximate surface area is 159 Å². The second kappa shape index (κ2) is 8.68. The van der Waals surface area contributed by atoms with E-state index in [1.165, 1.54) is 11.8 Å². The molecule has 6 nitrogen and oxygen atoms in total. The third kappa shape index (κ3) is 4.65. The number of aryl methyl sites for hydroxylation is 1. The lowest BCUT2D eigenvalue weighted by molar-refractivity contribution is -0.120. The zero-order valence-corrected chi connectivity index (χ0v) is 15.8. The molecule has 142 valence electrons. The molecule has 2 amide bonds. The normalized spacial score (nSPS) is 13.9. The third-order valence-electron chi connectivity index (χ3n) is 4.62. The summed E-state index contributed by atoms with van der Waals surface area (Å²) in [5, 5.41) is 2.97. The van der Waals surface area contributed by atoms with Crippen molar-refractivity contribution < 1.29 is 14.3 Å². The van der Waals surface area contributed by atoms with Crippen molar-refractivity contribution in [2.75, 3.05) is 48.0 Å². The van der Waals surface area contributed by atoms with Gasteiger partial charge in [0.15, 0.2) is 0 Å². The second-order valence-electron chi connectivity index (χ2n) is 6.56. The molecule has 6 heteroatoms. The highest BCUT2D eigenvalue weighted by atomic mass is 16.5. The average molecular weight is 367 g/mol. The second-order valence-corrected chi connectivity index (χ2v) is 6.56. The molecule has 0 aromatic heterocycles. The maximum absolute atomic E-state index is 12.7. The van der Waals surface area contributed by atoms with Crippen LogP contribution in [0.1, 0.15) is 12.5 Å². The predicted molar refractivity (Wildman–Crippen MR) is 107 cm³/mol. The molecule has 2 aromatic carbocycles. The number of rotatable bonds is 5. The molecule has 0 unspecified atom stereocenters.